The summed E-state index contributed by atoms with van der Waals surface area (Å²) >= 11 is 0. The minimum absolute atomic E-state index is 0.108. The fraction of sp³-hybridized carbons (Fsp3) is 0.833. The number of carboxylic acids is 1. The maximum atomic E-state index is 11.6. The molecule has 1 saturated carbocycles. The van der Waals surface area contributed by atoms with Gasteiger partial charge in [0.15, 0.2) is 6.04 Å². The van der Waals surface area contributed by atoms with Crippen molar-refractivity contribution in [3.8, 4) is 0 Å². The predicted molar refractivity (Wildman–Crippen MR) is 66.2 cm³/mol. The minimum atomic E-state index is -1.24. The summed E-state index contributed by atoms with van der Waals surface area (Å²) in [7, 11) is 0. The van der Waals surface area contributed by atoms with Crippen molar-refractivity contribution >= 4 is 12.0 Å². The highest BCUT2D eigenvalue weighted by atomic mass is 16.4. The molecular weight excluding hydrogens is 236 g/mol. The van der Waals surface area contributed by atoms with Crippen LogP contribution in [0.15, 0.2) is 0 Å². The molecule has 0 aromatic rings. The van der Waals surface area contributed by atoms with Crippen molar-refractivity contribution in [1.82, 2.24) is 10.6 Å². The molecule has 6 nitrogen and oxygen atoms in total. The van der Waals surface area contributed by atoms with Gasteiger partial charge in [0.2, 0.25) is 0 Å². The molecule has 2 amide bonds. The second-order valence-electron chi connectivity index (χ2n) is 4.83. The van der Waals surface area contributed by atoms with Gasteiger partial charge in [-0.15, -0.1) is 0 Å². The van der Waals surface area contributed by atoms with E-state index in [1.54, 1.807) is 0 Å². The maximum Gasteiger partial charge on any atom is 0.328 e. The fourth-order valence-corrected chi connectivity index (χ4v) is 2.36. The Kier molecular flexibility index (Phi) is 5.91. The number of rotatable bonds is 5. The van der Waals surface area contributed by atoms with Crippen LogP contribution in [0.1, 0.15) is 39.0 Å². The van der Waals surface area contributed by atoms with Gasteiger partial charge in [-0.05, 0) is 18.8 Å². The van der Waals surface area contributed by atoms with Crippen LogP contribution in [0.4, 0.5) is 4.79 Å². The smallest absolute Gasteiger partial charge is 0.328 e. The highest BCUT2D eigenvalue weighted by Crippen LogP contribution is 2.26. The molecule has 6 heteroatoms. The van der Waals surface area contributed by atoms with Gasteiger partial charge in [-0.3, -0.25) is 0 Å². The van der Waals surface area contributed by atoms with Gasteiger partial charge in [0.05, 0.1) is 6.61 Å². The molecule has 0 aliphatic heterocycles. The summed E-state index contributed by atoms with van der Waals surface area (Å²) in [4.78, 5) is 22.2. The van der Waals surface area contributed by atoms with E-state index in [1.165, 1.54) is 6.42 Å². The number of aliphatic carboxylic acids is 1. The molecule has 0 spiro atoms. The highest BCUT2D eigenvalue weighted by molar-refractivity contribution is 5.82. The van der Waals surface area contributed by atoms with Crippen LogP contribution >= 0.6 is 0 Å². The zero-order valence-corrected chi connectivity index (χ0v) is 10.7. The third-order valence-electron chi connectivity index (χ3n) is 3.48. The Morgan fingerprint density at radius 2 is 2.11 bits per heavy atom. The van der Waals surface area contributed by atoms with E-state index in [4.69, 9.17) is 10.2 Å². The van der Waals surface area contributed by atoms with Crippen molar-refractivity contribution in [3.63, 3.8) is 0 Å². The van der Waals surface area contributed by atoms with E-state index in [9.17, 15) is 9.59 Å². The molecule has 104 valence electrons. The van der Waals surface area contributed by atoms with Crippen LogP contribution in [-0.2, 0) is 4.79 Å². The normalized spacial score (nSPS) is 25.2. The van der Waals surface area contributed by atoms with E-state index in [0.717, 1.165) is 25.7 Å². The average Bonchev–Trinajstić information content (AvgIpc) is 2.35. The third-order valence-corrected chi connectivity index (χ3v) is 3.48. The third kappa shape index (κ3) is 4.52. The Hall–Kier alpha value is -1.30. The van der Waals surface area contributed by atoms with Crippen LogP contribution in [0.3, 0.4) is 0 Å². The number of carbonyl (C=O) groups is 2. The van der Waals surface area contributed by atoms with E-state index < -0.39 is 24.6 Å². The summed E-state index contributed by atoms with van der Waals surface area (Å²) in [5.41, 5.74) is 0. The van der Waals surface area contributed by atoms with Crippen molar-refractivity contribution in [2.24, 2.45) is 5.92 Å². The summed E-state index contributed by atoms with van der Waals surface area (Å²) in [5, 5.41) is 22.5. The van der Waals surface area contributed by atoms with Gasteiger partial charge in [-0.1, -0.05) is 26.2 Å². The Morgan fingerprint density at radius 1 is 1.39 bits per heavy atom. The Bertz CT molecular complexity index is 296. The Labute approximate surface area is 107 Å². The van der Waals surface area contributed by atoms with E-state index in [1.807, 2.05) is 0 Å². The van der Waals surface area contributed by atoms with Gasteiger partial charge < -0.3 is 20.8 Å². The molecule has 0 radical (unpaired) electrons. The summed E-state index contributed by atoms with van der Waals surface area (Å²) in [6.45, 7) is 1.53. The zero-order chi connectivity index (χ0) is 13.5. The number of urea groups is 1. The van der Waals surface area contributed by atoms with E-state index in [0.29, 0.717) is 5.92 Å². The van der Waals surface area contributed by atoms with Crippen LogP contribution < -0.4 is 10.6 Å². The molecule has 4 N–H and O–H groups in total. The molecule has 1 fully saturated rings. The summed E-state index contributed by atoms with van der Waals surface area (Å²) < 4.78 is 0. The van der Waals surface area contributed by atoms with Gasteiger partial charge >= 0.3 is 12.0 Å². The molecule has 0 aromatic carbocycles. The minimum Gasteiger partial charge on any atom is -0.480 e. The topological polar surface area (TPSA) is 98.7 Å². The SMILES string of the molecule is CCC1CCCC(NC(=O)NC(CO)C(=O)O)C1. The molecule has 3 atom stereocenters. The molecule has 1 rings (SSSR count). The largest absolute Gasteiger partial charge is 0.480 e. The van der Waals surface area contributed by atoms with Gasteiger partial charge in [-0.2, -0.15) is 0 Å². The molecule has 0 heterocycles. The first kappa shape index (κ1) is 14.8. The maximum absolute atomic E-state index is 11.6. The second kappa shape index (κ2) is 7.20. The standard InChI is InChI=1S/C12H22N2O4/c1-2-8-4-3-5-9(6-8)13-12(18)14-10(7-15)11(16)17/h8-10,15H,2-7H2,1H3,(H,16,17)(H2,13,14,18). The quantitative estimate of drug-likeness (QED) is 0.583. The Morgan fingerprint density at radius 3 is 2.67 bits per heavy atom. The molecular formula is C12H22N2O4. The summed E-state index contributed by atoms with van der Waals surface area (Å²) in [6.07, 6.45) is 5.27. The lowest BCUT2D eigenvalue weighted by Crippen LogP contribution is -2.51. The van der Waals surface area contributed by atoms with Crippen LogP contribution in [0.5, 0.6) is 0 Å². The number of hydrogen-bond acceptors (Lipinski definition) is 3. The van der Waals surface area contributed by atoms with Crippen LogP contribution in [0.2, 0.25) is 0 Å². The summed E-state index contributed by atoms with van der Waals surface area (Å²) in [5.74, 6) is -0.597. The molecule has 0 saturated heterocycles. The number of nitrogens with one attached hydrogen (secondary N) is 2. The van der Waals surface area contributed by atoms with E-state index >= 15 is 0 Å². The number of carboxylic acid groups (broad SMARTS) is 1. The first-order chi connectivity index (χ1) is 8.56. The molecule has 3 unspecified atom stereocenters. The molecule has 1 aliphatic rings. The lowest BCUT2D eigenvalue weighted by atomic mass is 9.84. The summed E-state index contributed by atoms with van der Waals surface area (Å²) in [6, 6.07) is -1.65. The average molecular weight is 258 g/mol. The van der Waals surface area contributed by atoms with Crippen molar-refractivity contribution in [2.75, 3.05) is 6.61 Å². The number of carbonyl (C=O) groups excluding carboxylic acids is 1. The van der Waals surface area contributed by atoms with Gasteiger partial charge in [0.1, 0.15) is 0 Å². The lowest BCUT2D eigenvalue weighted by molar-refractivity contribution is -0.140. The number of amides is 2. The molecule has 0 aromatic heterocycles. The monoisotopic (exact) mass is 258 g/mol. The van der Waals surface area contributed by atoms with Crippen molar-refractivity contribution in [1.29, 1.82) is 0 Å². The fourth-order valence-electron chi connectivity index (χ4n) is 2.36. The van der Waals surface area contributed by atoms with E-state index in [-0.39, 0.29) is 6.04 Å². The number of hydrogen-bond donors (Lipinski definition) is 4. The van der Waals surface area contributed by atoms with Crippen molar-refractivity contribution in [3.05, 3.63) is 0 Å². The van der Waals surface area contributed by atoms with Gasteiger partial charge in [0.25, 0.3) is 0 Å². The van der Waals surface area contributed by atoms with Crippen molar-refractivity contribution < 1.29 is 19.8 Å². The first-order valence-corrected chi connectivity index (χ1v) is 6.47. The van der Waals surface area contributed by atoms with Gasteiger partial charge in [0, 0.05) is 6.04 Å². The van der Waals surface area contributed by atoms with E-state index in [2.05, 4.69) is 17.6 Å². The second-order valence-corrected chi connectivity index (χ2v) is 4.83. The molecule has 18 heavy (non-hydrogen) atoms. The van der Waals surface area contributed by atoms with Crippen LogP contribution in [0, 0.1) is 5.92 Å². The zero-order valence-electron chi connectivity index (χ0n) is 10.7. The van der Waals surface area contributed by atoms with Crippen LogP contribution in [-0.4, -0.2) is 40.9 Å². The number of aliphatic hydroxyl groups is 1. The van der Waals surface area contributed by atoms with Crippen LogP contribution in [0.25, 0.3) is 0 Å². The molecule has 0 bridgehead atoms. The lowest BCUT2D eigenvalue weighted by Gasteiger charge is -2.29. The Balaban J connectivity index is 2.37. The number of aliphatic hydroxyl groups excluding tert-OH is 1. The first-order valence-electron chi connectivity index (χ1n) is 6.47. The highest BCUT2D eigenvalue weighted by Gasteiger charge is 2.24. The van der Waals surface area contributed by atoms with Crippen molar-refractivity contribution in [2.45, 2.75) is 51.1 Å². The van der Waals surface area contributed by atoms with Gasteiger partial charge in [-0.25, -0.2) is 9.59 Å². The molecule has 1 aliphatic carbocycles. The predicted octanol–water partition coefficient (Wildman–Crippen LogP) is 0.700.